The Labute approximate surface area is 125 Å². The van der Waals surface area contributed by atoms with Crippen LogP contribution < -0.4 is 10.1 Å². The van der Waals surface area contributed by atoms with Crippen molar-refractivity contribution < 1.29 is 32.6 Å². The van der Waals surface area contributed by atoms with Gasteiger partial charge < -0.3 is 19.5 Å². The zero-order chi connectivity index (χ0) is 16.7. The maximum absolute atomic E-state index is 14.1. The molecule has 0 atom stereocenters. The molecule has 1 rings (SSSR count). The molecule has 22 heavy (non-hydrogen) atoms. The van der Waals surface area contributed by atoms with Crippen molar-refractivity contribution in [3.63, 3.8) is 0 Å². The first-order valence-electron chi connectivity index (χ1n) is 6.20. The van der Waals surface area contributed by atoms with Crippen LogP contribution >= 0.6 is 0 Å². The van der Waals surface area contributed by atoms with Crippen molar-refractivity contribution >= 4 is 17.6 Å². The molecule has 0 bridgehead atoms. The number of halogens is 2. The SMILES string of the molecule is CCOc1c(F)ccc(N/C(=C/C(=O)OC)C(=O)OC)c1F. The topological polar surface area (TPSA) is 73.9 Å². The van der Waals surface area contributed by atoms with Crippen molar-refractivity contribution in [1.29, 1.82) is 0 Å². The van der Waals surface area contributed by atoms with Gasteiger partial charge in [0.25, 0.3) is 0 Å². The summed E-state index contributed by atoms with van der Waals surface area (Å²) in [5, 5.41) is 2.35. The maximum Gasteiger partial charge on any atom is 0.354 e. The lowest BCUT2D eigenvalue weighted by atomic mass is 10.2. The molecule has 0 aliphatic carbocycles. The van der Waals surface area contributed by atoms with Crippen LogP contribution in [-0.2, 0) is 19.1 Å². The lowest BCUT2D eigenvalue weighted by Crippen LogP contribution is -2.16. The molecule has 1 aromatic carbocycles. The Balaban J connectivity index is 3.19. The molecule has 0 radical (unpaired) electrons. The number of methoxy groups -OCH3 is 2. The largest absolute Gasteiger partial charge is 0.488 e. The molecule has 0 spiro atoms. The van der Waals surface area contributed by atoms with Gasteiger partial charge >= 0.3 is 11.9 Å². The lowest BCUT2D eigenvalue weighted by Gasteiger charge is -2.13. The number of benzene rings is 1. The molecule has 0 amide bonds. The molecule has 120 valence electrons. The van der Waals surface area contributed by atoms with Gasteiger partial charge in [-0.3, -0.25) is 0 Å². The molecule has 0 fully saturated rings. The van der Waals surface area contributed by atoms with Crippen molar-refractivity contribution in [2.24, 2.45) is 0 Å². The summed E-state index contributed by atoms with van der Waals surface area (Å²) in [7, 11) is 2.20. The second-order valence-electron chi connectivity index (χ2n) is 3.87. The van der Waals surface area contributed by atoms with Crippen LogP contribution in [0.15, 0.2) is 23.9 Å². The zero-order valence-electron chi connectivity index (χ0n) is 12.2. The van der Waals surface area contributed by atoms with Gasteiger partial charge in [-0.2, -0.15) is 0 Å². The Morgan fingerprint density at radius 2 is 1.91 bits per heavy atom. The molecule has 8 heteroatoms. The van der Waals surface area contributed by atoms with Gasteiger partial charge in [0.05, 0.1) is 32.6 Å². The van der Waals surface area contributed by atoms with Crippen LogP contribution in [0.25, 0.3) is 0 Å². The number of hydrogen-bond donors (Lipinski definition) is 1. The zero-order valence-corrected chi connectivity index (χ0v) is 12.2. The van der Waals surface area contributed by atoms with E-state index in [1.54, 1.807) is 6.92 Å². The van der Waals surface area contributed by atoms with Gasteiger partial charge in [0.1, 0.15) is 5.70 Å². The Morgan fingerprint density at radius 1 is 1.23 bits per heavy atom. The molecular formula is C14H15F2NO5. The number of carbonyl (C=O) groups excluding carboxylic acids is 2. The minimum absolute atomic E-state index is 0.0547. The van der Waals surface area contributed by atoms with Crippen molar-refractivity contribution in [3.8, 4) is 5.75 Å². The minimum atomic E-state index is -1.04. The first-order chi connectivity index (χ1) is 10.4. The molecule has 0 saturated heterocycles. The predicted octanol–water partition coefficient (Wildman–Crippen LogP) is 2.01. The smallest absolute Gasteiger partial charge is 0.354 e. The number of rotatable bonds is 6. The third-order valence-corrected chi connectivity index (χ3v) is 2.48. The summed E-state index contributed by atoms with van der Waals surface area (Å²) >= 11 is 0. The number of esters is 2. The van der Waals surface area contributed by atoms with Gasteiger partial charge in [-0.25, -0.2) is 18.4 Å². The Morgan fingerprint density at radius 3 is 2.45 bits per heavy atom. The van der Waals surface area contributed by atoms with Gasteiger partial charge in [-0.1, -0.05) is 0 Å². The van der Waals surface area contributed by atoms with E-state index in [2.05, 4.69) is 14.8 Å². The summed E-state index contributed by atoms with van der Waals surface area (Å²) < 4.78 is 41.3. The first kappa shape index (κ1) is 17.4. The van der Waals surface area contributed by atoms with Gasteiger partial charge in [0.2, 0.25) is 0 Å². The van der Waals surface area contributed by atoms with E-state index in [1.165, 1.54) is 0 Å². The van der Waals surface area contributed by atoms with E-state index in [-0.39, 0.29) is 18.0 Å². The van der Waals surface area contributed by atoms with Gasteiger partial charge in [-0.15, -0.1) is 0 Å². The van der Waals surface area contributed by atoms with Crippen molar-refractivity contribution in [3.05, 3.63) is 35.5 Å². The molecule has 1 aromatic rings. The molecule has 6 nitrogen and oxygen atoms in total. The molecule has 0 aliphatic rings. The molecule has 1 N–H and O–H groups in total. The van der Waals surface area contributed by atoms with Crippen LogP contribution in [0.3, 0.4) is 0 Å². The van der Waals surface area contributed by atoms with E-state index in [1.807, 2.05) is 0 Å². The van der Waals surface area contributed by atoms with Crippen molar-refractivity contribution in [2.45, 2.75) is 6.92 Å². The first-order valence-corrected chi connectivity index (χ1v) is 6.20. The van der Waals surface area contributed by atoms with Crippen molar-refractivity contribution in [1.82, 2.24) is 0 Å². The predicted molar refractivity (Wildman–Crippen MR) is 73.3 cm³/mol. The second kappa shape index (κ2) is 7.96. The van der Waals surface area contributed by atoms with Crippen LogP contribution in [0.4, 0.5) is 14.5 Å². The molecule has 0 saturated carbocycles. The summed E-state index contributed by atoms with van der Waals surface area (Å²) in [5.74, 6) is -4.29. The van der Waals surface area contributed by atoms with Crippen LogP contribution in [0.5, 0.6) is 5.75 Å². The van der Waals surface area contributed by atoms with E-state index in [9.17, 15) is 18.4 Å². The molecule has 0 aliphatic heterocycles. The van der Waals surface area contributed by atoms with Crippen LogP contribution in [0.1, 0.15) is 6.92 Å². The number of ether oxygens (including phenoxy) is 3. The average Bonchev–Trinajstić information content (AvgIpc) is 2.52. The van der Waals surface area contributed by atoms with Crippen LogP contribution in [0, 0.1) is 11.6 Å². The highest BCUT2D eigenvalue weighted by atomic mass is 19.1. The van der Waals surface area contributed by atoms with Crippen molar-refractivity contribution in [2.75, 3.05) is 26.1 Å². The summed E-state index contributed by atoms with van der Waals surface area (Å²) in [5.41, 5.74) is -0.632. The highest BCUT2D eigenvalue weighted by Crippen LogP contribution is 2.28. The lowest BCUT2D eigenvalue weighted by molar-refractivity contribution is -0.138. The normalized spacial score (nSPS) is 10.9. The number of nitrogens with one attached hydrogen (secondary N) is 1. The van der Waals surface area contributed by atoms with Crippen LogP contribution in [-0.4, -0.2) is 32.8 Å². The molecule has 0 aromatic heterocycles. The maximum atomic E-state index is 14.1. The second-order valence-corrected chi connectivity index (χ2v) is 3.87. The minimum Gasteiger partial charge on any atom is -0.488 e. The fourth-order valence-corrected chi connectivity index (χ4v) is 1.48. The molecule has 0 heterocycles. The summed E-state index contributed by atoms with van der Waals surface area (Å²) in [6, 6.07) is 2.02. The fourth-order valence-electron chi connectivity index (χ4n) is 1.48. The standard InChI is InChI=1S/C14H15F2NO5/c1-4-22-13-8(15)5-6-9(12(13)16)17-10(14(19)21-3)7-11(18)20-2/h5-7,17H,4H2,1-3H3/b10-7+. The Bertz CT molecular complexity index is 601. The Hall–Kier alpha value is -2.64. The van der Waals surface area contributed by atoms with E-state index in [0.29, 0.717) is 0 Å². The monoisotopic (exact) mass is 315 g/mol. The van der Waals surface area contributed by atoms with Gasteiger partial charge in [-0.05, 0) is 19.1 Å². The Kier molecular flexibility index (Phi) is 6.30. The number of hydrogen-bond acceptors (Lipinski definition) is 6. The van der Waals surface area contributed by atoms with Gasteiger partial charge in [0, 0.05) is 0 Å². The van der Waals surface area contributed by atoms with E-state index in [0.717, 1.165) is 32.4 Å². The molecule has 0 unspecified atom stereocenters. The van der Waals surface area contributed by atoms with E-state index >= 15 is 0 Å². The number of anilines is 1. The van der Waals surface area contributed by atoms with Gasteiger partial charge in [0.15, 0.2) is 17.4 Å². The highest BCUT2D eigenvalue weighted by molar-refractivity contribution is 5.98. The quantitative estimate of drug-likeness (QED) is 0.639. The summed E-state index contributed by atoms with van der Waals surface area (Å²) in [6.45, 7) is 1.62. The average molecular weight is 315 g/mol. The van der Waals surface area contributed by atoms with Crippen LogP contribution in [0.2, 0.25) is 0 Å². The third-order valence-electron chi connectivity index (χ3n) is 2.48. The highest BCUT2D eigenvalue weighted by Gasteiger charge is 2.19. The van der Waals surface area contributed by atoms with E-state index < -0.39 is 29.3 Å². The molecular weight excluding hydrogens is 300 g/mol. The number of carbonyl (C=O) groups is 2. The summed E-state index contributed by atoms with van der Waals surface area (Å²) in [4.78, 5) is 22.8. The fraction of sp³-hybridized carbons (Fsp3) is 0.286. The van der Waals surface area contributed by atoms with E-state index in [4.69, 9.17) is 4.74 Å². The third kappa shape index (κ3) is 4.18. The summed E-state index contributed by atoms with van der Waals surface area (Å²) in [6.07, 6.45) is 0.787.